The molecule has 3 rings (SSSR count). The molecule has 0 saturated carbocycles. The fourth-order valence-corrected chi connectivity index (χ4v) is 3.01. The zero-order valence-corrected chi connectivity index (χ0v) is 15.9. The summed E-state index contributed by atoms with van der Waals surface area (Å²) in [7, 11) is 0. The number of rotatable bonds is 5. The van der Waals surface area contributed by atoms with Crippen molar-refractivity contribution in [2.24, 2.45) is 4.99 Å². The first kappa shape index (κ1) is 18.1. The summed E-state index contributed by atoms with van der Waals surface area (Å²) >= 11 is 12.0. The first-order valence-corrected chi connectivity index (χ1v) is 9.06. The second-order valence-corrected chi connectivity index (χ2v) is 6.98. The lowest BCUT2D eigenvalue weighted by Crippen LogP contribution is -2.33. The van der Waals surface area contributed by atoms with E-state index in [1.165, 1.54) is 12.8 Å². The third-order valence-electron chi connectivity index (χ3n) is 4.16. The minimum Gasteiger partial charge on any atom is -0.457 e. The second kappa shape index (κ2) is 8.09. The van der Waals surface area contributed by atoms with E-state index in [4.69, 9.17) is 27.9 Å². The Kier molecular flexibility index (Phi) is 5.84. The molecule has 4 nitrogen and oxygen atoms in total. The van der Waals surface area contributed by atoms with Gasteiger partial charge < -0.3 is 10.2 Å². The molecule has 0 aromatic heterocycles. The number of hydrazine groups is 1. The fourth-order valence-electron chi connectivity index (χ4n) is 2.72. The normalized spacial score (nSPS) is 15.0. The van der Waals surface area contributed by atoms with Crippen LogP contribution in [-0.4, -0.2) is 24.4 Å². The molecule has 0 bridgehead atoms. The maximum atomic E-state index is 6.05. The topological polar surface area (TPSA) is 36.9 Å². The van der Waals surface area contributed by atoms with Crippen LogP contribution in [0.2, 0.25) is 10.0 Å². The van der Waals surface area contributed by atoms with E-state index < -0.39 is 0 Å². The third kappa shape index (κ3) is 4.66. The zero-order chi connectivity index (χ0) is 17.8. The molecule has 0 spiro atoms. The van der Waals surface area contributed by atoms with Gasteiger partial charge in [-0.25, -0.2) is 10.0 Å². The van der Waals surface area contributed by atoms with Crippen LogP contribution in [0.3, 0.4) is 0 Å². The van der Waals surface area contributed by atoms with Gasteiger partial charge in [-0.1, -0.05) is 23.2 Å². The standard InChI is InChI=1S/C19H21Cl2N3O/c1-13-10-19(25-15-5-6-16(20)17(21)11-15)14(2)9-18(13)22-12-23-24-7-3-4-8-24/h5-6,9-12H,3-4,7-8H2,1-2H3,(H,22,23). The lowest BCUT2D eigenvalue weighted by Gasteiger charge is -2.14. The number of benzene rings is 2. The number of aryl methyl sites for hydroxylation is 2. The molecule has 6 heteroatoms. The lowest BCUT2D eigenvalue weighted by atomic mass is 10.1. The molecule has 1 aliphatic heterocycles. The van der Waals surface area contributed by atoms with E-state index in [9.17, 15) is 0 Å². The summed E-state index contributed by atoms with van der Waals surface area (Å²) in [5, 5.41) is 3.16. The largest absolute Gasteiger partial charge is 0.457 e. The first-order chi connectivity index (χ1) is 12.0. The summed E-state index contributed by atoms with van der Waals surface area (Å²) in [5.41, 5.74) is 6.19. The fraction of sp³-hybridized carbons (Fsp3) is 0.316. The number of halogens is 2. The Morgan fingerprint density at radius 2 is 1.80 bits per heavy atom. The molecule has 0 unspecified atom stereocenters. The Bertz CT molecular complexity index is 786. The van der Waals surface area contributed by atoms with Crippen LogP contribution in [0.15, 0.2) is 35.3 Å². The summed E-state index contributed by atoms with van der Waals surface area (Å²) < 4.78 is 5.95. The molecule has 1 saturated heterocycles. The smallest absolute Gasteiger partial charge is 0.130 e. The predicted molar refractivity (Wildman–Crippen MR) is 105 cm³/mol. The molecule has 1 N–H and O–H groups in total. The highest BCUT2D eigenvalue weighted by atomic mass is 35.5. The van der Waals surface area contributed by atoms with Crippen LogP contribution in [0.4, 0.5) is 5.69 Å². The number of aliphatic imine (C=N–C) groups is 1. The molecular weight excluding hydrogens is 357 g/mol. The molecule has 0 amide bonds. The van der Waals surface area contributed by atoms with Crippen molar-refractivity contribution in [1.29, 1.82) is 0 Å². The van der Waals surface area contributed by atoms with Crippen LogP contribution < -0.4 is 10.2 Å². The Morgan fingerprint density at radius 3 is 2.52 bits per heavy atom. The average molecular weight is 378 g/mol. The van der Waals surface area contributed by atoms with Gasteiger partial charge in [0.25, 0.3) is 0 Å². The van der Waals surface area contributed by atoms with Gasteiger partial charge in [0, 0.05) is 19.2 Å². The maximum Gasteiger partial charge on any atom is 0.130 e. The van der Waals surface area contributed by atoms with Crippen LogP contribution in [-0.2, 0) is 0 Å². The van der Waals surface area contributed by atoms with Crippen molar-refractivity contribution < 1.29 is 4.74 Å². The van der Waals surface area contributed by atoms with Gasteiger partial charge in [0.1, 0.15) is 17.8 Å². The van der Waals surface area contributed by atoms with Crippen molar-refractivity contribution in [1.82, 2.24) is 10.4 Å². The highest BCUT2D eigenvalue weighted by Crippen LogP contribution is 2.33. The highest BCUT2D eigenvalue weighted by molar-refractivity contribution is 6.42. The summed E-state index contributed by atoms with van der Waals surface area (Å²) in [6.07, 6.45) is 4.23. The van der Waals surface area contributed by atoms with E-state index in [0.717, 1.165) is 35.7 Å². The molecule has 132 valence electrons. The van der Waals surface area contributed by atoms with Crippen LogP contribution >= 0.6 is 23.2 Å². The molecular formula is C19H21Cl2N3O. The highest BCUT2D eigenvalue weighted by Gasteiger charge is 2.10. The Morgan fingerprint density at radius 1 is 1.04 bits per heavy atom. The Hall–Kier alpha value is -1.75. The Balaban J connectivity index is 1.72. The predicted octanol–water partition coefficient (Wildman–Crippen LogP) is 5.66. The number of hydrogen-bond acceptors (Lipinski definition) is 3. The summed E-state index contributed by atoms with van der Waals surface area (Å²) in [6.45, 7) is 6.16. The van der Waals surface area contributed by atoms with E-state index in [1.807, 2.05) is 26.0 Å². The van der Waals surface area contributed by atoms with E-state index in [1.54, 1.807) is 24.5 Å². The van der Waals surface area contributed by atoms with E-state index in [0.29, 0.717) is 15.8 Å². The number of ether oxygens (including phenoxy) is 1. The van der Waals surface area contributed by atoms with Crippen LogP contribution in [0, 0.1) is 13.8 Å². The van der Waals surface area contributed by atoms with Gasteiger partial charge in [0.15, 0.2) is 0 Å². The molecule has 2 aromatic rings. The quantitative estimate of drug-likeness (QED) is 0.539. The van der Waals surface area contributed by atoms with Crippen molar-refractivity contribution in [2.45, 2.75) is 26.7 Å². The summed E-state index contributed by atoms with van der Waals surface area (Å²) in [6, 6.07) is 9.24. The van der Waals surface area contributed by atoms with Crippen LogP contribution in [0.25, 0.3) is 0 Å². The Labute approximate surface area is 158 Å². The molecule has 0 atom stereocenters. The van der Waals surface area contributed by atoms with Gasteiger partial charge >= 0.3 is 0 Å². The monoisotopic (exact) mass is 377 g/mol. The molecule has 2 aromatic carbocycles. The minimum atomic E-state index is 0.475. The SMILES string of the molecule is Cc1cc(Oc2ccc(Cl)c(Cl)c2)c(C)cc1N=CNN1CCCC1. The van der Waals surface area contributed by atoms with Gasteiger partial charge in [-0.2, -0.15) is 0 Å². The molecule has 0 radical (unpaired) electrons. The van der Waals surface area contributed by atoms with Crippen molar-refractivity contribution in [2.75, 3.05) is 13.1 Å². The molecule has 0 aliphatic carbocycles. The lowest BCUT2D eigenvalue weighted by molar-refractivity contribution is 0.300. The van der Waals surface area contributed by atoms with Crippen molar-refractivity contribution in [3.8, 4) is 11.5 Å². The van der Waals surface area contributed by atoms with Crippen molar-refractivity contribution in [3.63, 3.8) is 0 Å². The van der Waals surface area contributed by atoms with Gasteiger partial charge in [0.05, 0.1) is 15.7 Å². The first-order valence-electron chi connectivity index (χ1n) is 8.31. The van der Waals surface area contributed by atoms with E-state index in [2.05, 4.69) is 15.4 Å². The molecule has 1 heterocycles. The van der Waals surface area contributed by atoms with E-state index >= 15 is 0 Å². The van der Waals surface area contributed by atoms with Crippen molar-refractivity contribution >= 4 is 35.2 Å². The number of nitrogens with zero attached hydrogens (tertiary/aromatic N) is 2. The van der Waals surface area contributed by atoms with Crippen LogP contribution in [0.1, 0.15) is 24.0 Å². The van der Waals surface area contributed by atoms with Gasteiger partial charge in [-0.15, -0.1) is 0 Å². The molecule has 1 fully saturated rings. The summed E-state index contributed by atoms with van der Waals surface area (Å²) in [4.78, 5) is 4.53. The van der Waals surface area contributed by atoms with Gasteiger partial charge in [0.2, 0.25) is 0 Å². The third-order valence-corrected chi connectivity index (χ3v) is 4.90. The molecule has 25 heavy (non-hydrogen) atoms. The van der Waals surface area contributed by atoms with Crippen LogP contribution in [0.5, 0.6) is 11.5 Å². The van der Waals surface area contributed by atoms with E-state index in [-0.39, 0.29) is 0 Å². The number of hydrogen-bond donors (Lipinski definition) is 1. The number of nitrogens with one attached hydrogen (secondary N) is 1. The summed E-state index contributed by atoms with van der Waals surface area (Å²) in [5.74, 6) is 1.44. The maximum absolute atomic E-state index is 6.05. The van der Waals surface area contributed by atoms with Gasteiger partial charge in [-0.05, 0) is 62.1 Å². The minimum absolute atomic E-state index is 0.475. The average Bonchev–Trinajstić information content (AvgIpc) is 3.09. The second-order valence-electron chi connectivity index (χ2n) is 6.16. The molecule has 1 aliphatic rings. The van der Waals surface area contributed by atoms with Crippen molar-refractivity contribution in [3.05, 3.63) is 51.5 Å². The zero-order valence-electron chi connectivity index (χ0n) is 14.4. The van der Waals surface area contributed by atoms with Gasteiger partial charge in [-0.3, -0.25) is 0 Å².